The van der Waals surface area contributed by atoms with Gasteiger partial charge in [0.2, 0.25) is 0 Å². The Kier molecular flexibility index (Phi) is 4.03. The van der Waals surface area contributed by atoms with Gasteiger partial charge >= 0.3 is 0 Å². The number of hydrogen-bond acceptors (Lipinski definition) is 3. The minimum atomic E-state index is 0.376. The lowest BCUT2D eigenvalue weighted by Crippen LogP contribution is -2.04. The highest BCUT2D eigenvalue weighted by atomic mass is 14.9. The molecule has 0 N–H and O–H groups in total. The van der Waals surface area contributed by atoms with Gasteiger partial charge in [0.15, 0.2) is 0 Å². The van der Waals surface area contributed by atoms with Crippen molar-refractivity contribution in [1.29, 1.82) is 0 Å². The van der Waals surface area contributed by atoms with Crippen molar-refractivity contribution in [3.63, 3.8) is 0 Å². The topological polar surface area (TPSA) is 38.7 Å². The normalized spacial score (nSPS) is 12.7. The minimum Gasteiger partial charge on any atom is -0.265 e. The molecule has 0 spiro atoms. The number of rotatable bonds is 4. The van der Waals surface area contributed by atoms with Gasteiger partial charge < -0.3 is 0 Å². The van der Waals surface area contributed by atoms with E-state index in [9.17, 15) is 0 Å². The van der Waals surface area contributed by atoms with Crippen molar-refractivity contribution >= 4 is 0 Å². The molecule has 2 heterocycles. The predicted octanol–water partition coefficient (Wildman–Crippen LogP) is 3.34. The average molecular weight is 241 g/mol. The lowest BCUT2D eigenvalue weighted by Gasteiger charge is -2.12. The van der Waals surface area contributed by atoms with Crippen molar-refractivity contribution in [2.45, 2.75) is 39.0 Å². The molecular formula is C15H19N3. The van der Waals surface area contributed by atoms with Gasteiger partial charge in [-0.3, -0.25) is 4.98 Å². The fourth-order valence-electron chi connectivity index (χ4n) is 1.93. The van der Waals surface area contributed by atoms with Crippen molar-refractivity contribution in [3.8, 4) is 0 Å². The fourth-order valence-corrected chi connectivity index (χ4v) is 1.93. The van der Waals surface area contributed by atoms with Gasteiger partial charge in [0, 0.05) is 30.2 Å². The van der Waals surface area contributed by atoms with E-state index in [-0.39, 0.29) is 0 Å². The Morgan fingerprint density at radius 3 is 2.39 bits per heavy atom. The Labute approximate surface area is 108 Å². The number of hydrogen-bond donors (Lipinski definition) is 0. The molecule has 3 heteroatoms. The molecule has 2 aromatic rings. The first-order valence-electron chi connectivity index (χ1n) is 6.38. The van der Waals surface area contributed by atoms with Crippen molar-refractivity contribution in [2.24, 2.45) is 0 Å². The second-order valence-electron chi connectivity index (χ2n) is 4.95. The molecular weight excluding hydrogens is 222 g/mol. The highest BCUT2D eigenvalue weighted by molar-refractivity contribution is 5.18. The smallest absolute Gasteiger partial charge is 0.131 e. The van der Waals surface area contributed by atoms with Gasteiger partial charge in [-0.2, -0.15) is 0 Å². The van der Waals surface area contributed by atoms with Gasteiger partial charge in [-0.05, 0) is 36.1 Å². The molecule has 0 radical (unpaired) electrons. The quantitative estimate of drug-likeness (QED) is 0.824. The van der Waals surface area contributed by atoms with E-state index in [1.54, 1.807) is 0 Å². The number of nitrogens with zero attached hydrogens (tertiary/aromatic N) is 3. The first-order valence-corrected chi connectivity index (χ1v) is 6.38. The first-order chi connectivity index (χ1) is 8.66. The molecule has 3 nitrogen and oxygen atoms in total. The molecule has 1 unspecified atom stereocenters. The maximum Gasteiger partial charge on any atom is 0.131 e. The highest BCUT2D eigenvalue weighted by Gasteiger charge is 2.09. The molecule has 18 heavy (non-hydrogen) atoms. The lowest BCUT2D eigenvalue weighted by molar-refractivity contribution is 0.706. The lowest BCUT2D eigenvalue weighted by atomic mass is 9.97. The maximum atomic E-state index is 4.61. The summed E-state index contributed by atoms with van der Waals surface area (Å²) < 4.78 is 0. The second kappa shape index (κ2) is 5.71. The van der Waals surface area contributed by atoms with Crippen LogP contribution in [0.5, 0.6) is 0 Å². The molecule has 0 aliphatic carbocycles. The first kappa shape index (κ1) is 12.7. The summed E-state index contributed by atoms with van der Waals surface area (Å²) in [6.07, 6.45) is 6.47. The van der Waals surface area contributed by atoms with E-state index in [1.165, 1.54) is 5.56 Å². The van der Waals surface area contributed by atoms with Crippen molar-refractivity contribution in [1.82, 2.24) is 15.0 Å². The molecule has 1 atom stereocenters. The van der Waals surface area contributed by atoms with Crippen molar-refractivity contribution in [3.05, 3.63) is 53.9 Å². The van der Waals surface area contributed by atoms with E-state index in [0.717, 1.165) is 17.9 Å². The molecule has 0 saturated carbocycles. The van der Waals surface area contributed by atoms with Gasteiger partial charge in [0.05, 0.1) is 0 Å². The summed E-state index contributed by atoms with van der Waals surface area (Å²) >= 11 is 0. The average Bonchev–Trinajstić information content (AvgIpc) is 2.40. The van der Waals surface area contributed by atoms with Crippen LogP contribution >= 0.6 is 0 Å². The maximum absolute atomic E-state index is 4.61. The second-order valence-corrected chi connectivity index (χ2v) is 4.95. The Bertz CT molecular complexity index is 494. The van der Waals surface area contributed by atoms with E-state index in [4.69, 9.17) is 0 Å². The zero-order valence-electron chi connectivity index (χ0n) is 11.2. The Balaban J connectivity index is 2.12. The molecule has 2 rings (SSSR count). The van der Waals surface area contributed by atoms with Crippen LogP contribution in [-0.4, -0.2) is 15.0 Å². The SMILES string of the molecule is CC(C)c1nccc(CC(C)c2ccncc2)n1. The van der Waals surface area contributed by atoms with Crippen LogP contribution in [-0.2, 0) is 6.42 Å². The van der Waals surface area contributed by atoms with E-state index in [2.05, 4.69) is 47.9 Å². The molecule has 94 valence electrons. The summed E-state index contributed by atoms with van der Waals surface area (Å²) in [5, 5.41) is 0. The third-order valence-corrected chi connectivity index (χ3v) is 3.04. The van der Waals surface area contributed by atoms with Crippen LogP contribution in [0.4, 0.5) is 0 Å². The third kappa shape index (κ3) is 3.13. The van der Waals surface area contributed by atoms with Crippen molar-refractivity contribution < 1.29 is 0 Å². The Morgan fingerprint density at radius 1 is 1.00 bits per heavy atom. The van der Waals surface area contributed by atoms with Crippen LogP contribution in [0.3, 0.4) is 0 Å². The largest absolute Gasteiger partial charge is 0.265 e. The van der Waals surface area contributed by atoms with Crippen LogP contribution in [0.25, 0.3) is 0 Å². The summed E-state index contributed by atoms with van der Waals surface area (Å²) in [5.74, 6) is 1.75. The predicted molar refractivity (Wildman–Crippen MR) is 72.5 cm³/mol. The summed E-state index contributed by atoms with van der Waals surface area (Å²) in [6, 6.07) is 6.13. The van der Waals surface area contributed by atoms with Gasteiger partial charge in [-0.15, -0.1) is 0 Å². The molecule has 0 aliphatic heterocycles. The van der Waals surface area contributed by atoms with Crippen LogP contribution in [0, 0.1) is 0 Å². The van der Waals surface area contributed by atoms with E-state index < -0.39 is 0 Å². The number of pyridine rings is 1. The van der Waals surface area contributed by atoms with Crippen LogP contribution in [0.1, 0.15) is 49.7 Å². The van der Waals surface area contributed by atoms with Crippen LogP contribution in [0.15, 0.2) is 36.8 Å². The highest BCUT2D eigenvalue weighted by Crippen LogP contribution is 2.19. The monoisotopic (exact) mass is 241 g/mol. The summed E-state index contributed by atoms with van der Waals surface area (Å²) in [6.45, 7) is 6.45. The van der Waals surface area contributed by atoms with Gasteiger partial charge in [0.25, 0.3) is 0 Å². The molecule has 0 amide bonds. The zero-order chi connectivity index (χ0) is 13.0. The Morgan fingerprint density at radius 2 is 1.72 bits per heavy atom. The van der Waals surface area contributed by atoms with Gasteiger partial charge in [-0.25, -0.2) is 9.97 Å². The van der Waals surface area contributed by atoms with E-state index in [1.807, 2.05) is 24.7 Å². The molecule has 0 aromatic carbocycles. The zero-order valence-corrected chi connectivity index (χ0v) is 11.2. The summed E-state index contributed by atoms with van der Waals surface area (Å²) in [7, 11) is 0. The standard InChI is InChI=1S/C15H19N3/c1-11(2)15-17-9-6-14(18-15)10-12(3)13-4-7-16-8-5-13/h4-9,11-12H,10H2,1-3H3. The Hall–Kier alpha value is -1.77. The summed E-state index contributed by atoms with van der Waals surface area (Å²) in [4.78, 5) is 13.0. The molecule has 0 saturated heterocycles. The third-order valence-electron chi connectivity index (χ3n) is 3.04. The van der Waals surface area contributed by atoms with E-state index in [0.29, 0.717) is 11.8 Å². The van der Waals surface area contributed by atoms with Crippen LogP contribution < -0.4 is 0 Å². The van der Waals surface area contributed by atoms with Gasteiger partial charge in [0.1, 0.15) is 5.82 Å². The summed E-state index contributed by atoms with van der Waals surface area (Å²) in [5.41, 5.74) is 2.41. The minimum absolute atomic E-state index is 0.376. The molecule has 0 fully saturated rings. The number of aromatic nitrogens is 3. The molecule has 0 aliphatic rings. The van der Waals surface area contributed by atoms with Gasteiger partial charge in [-0.1, -0.05) is 20.8 Å². The van der Waals surface area contributed by atoms with Crippen molar-refractivity contribution in [2.75, 3.05) is 0 Å². The molecule has 2 aromatic heterocycles. The fraction of sp³-hybridized carbons (Fsp3) is 0.400. The van der Waals surface area contributed by atoms with E-state index >= 15 is 0 Å². The molecule has 0 bridgehead atoms. The van der Waals surface area contributed by atoms with Crippen LogP contribution in [0.2, 0.25) is 0 Å².